The second-order valence-corrected chi connectivity index (χ2v) is 9.21. The number of carbonyl (C=O) groups excluding carboxylic acids is 1. The lowest BCUT2D eigenvalue weighted by Crippen LogP contribution is -2.48. The van der Waals surface area contributed by atoms with Crippen LogP contribution in [0.2, 0.25) is 0 Å². The third-order valence-corrected chi connectivity index (χ3v) is 6.95. The van der Waals surface area contributed by atoms with Gasteiger partial charge in [0.25, 0.3) is 15.9 Å². The van der Waals surface area contributed by atoms with Gasteiger partial charge in [0.2, 0.25) is 0 Å². The molecule has 178 valence electrons. The van der Waals surface area contributed by atoms with Crippen LogP contribution in [0.25, 0.3) is 0 Å². The molecule has 0 aliphatic carbocycles. The van der Waals surface area contributed by atoms with Gasteiger partial charge < -0.3 is 14.8 Å². The maximum atomic E-state index is 13.4. The quantitative estimate of drug-likeness (QED) is 0.574. The molecule has 0 saturated heterocycles. The van der Waals surface area contributed by atoms with Crippen LogP contribution in [0.4, 0.5) is 24.5 Å². The predicted molar refractivity (Wildman–Crippen MR) is 118 cm³/mol. The molecule has 0 fully saturated rings. The molecule has 0 aromatic heterocycles. The number of nitrogens with zero attached hydrogens (tertiary/aromatic N) is 1. The van der Waals surface area contributed by atoms with Crippen molar-refractivity contribution in [1.82, 2.24) is 0 Å². The first-order valence-corrected chi connectivity index (χ1v) is 11.4. The van der Waals surface area contributed by atoms with Crippen LogP contribution in [0.3, 0.4) is 0 Å². The van der Waals surface area contributed by atoms with Gasteiger partial charge in [-0.15, -0.1) is 0 Å². The summed E-state index contributed by atoms with van der Waals surface area (Å²) in [7, 11) is -2.61. The zero-order valence-electron chi connectivity index (χ0n) is 17.7. The molecule has 1 atom stereocenters. The van der Waals surface area contributed by atoms with Gasteiger partial charge in [0.1, 0.15) is 11.5 Å². The number of sulfonamides is 1. The first-order chi connectivity index (χ1) is 16.1. The molecule has 4 rings (SSSR count). The summed E-state index contributed by atoms with van der Waals surface area (Å²) in [6.45, 7) is -0.335. The SMILES string of the molecule is COc1ccc(S(=O)(=O)N2C[C@@H](C(=O)Nc3ccc(C(F)(F)F)cc3)Oc3ccccc32)cc1. The molecule has 0 unspecified atom stereocenters. The van der Waals surface area contributed by atoms with Gasteiger partial charge in [-0.1, -0.05) is 12.1 Å². The summed E-state index contributed by atoms with van der Waals surface area (Å²) in [5.74, 6) is -0.0438. The Bertz CT molecular complexity index is 1290. The molecular formula is C23H19F3N2O5S. The van der Waals surface area contributed by atoms with Crippen LogP contribution in [0, 0.1) is 0 Å². The number of carbonyl (C=O) groups is 1. The van der Waals surface area contributed by atoms with Crippen LogP contribution in [-0.2, 0) is 21.0 Å². The summed E-state index contributed by atoms with van der Waals surface area (Å²) < 4.78 is 77.0. The molecule has 3 aromatic rings. The first-order valence-electron chi connectivity index (χ1n) is 10.0. The topological polar surface area (TPSA) is 84.9 Å². The van der Waals surface area contributed by atoms with E-state index in [4.69, 9.17) is 9.47 Å². The fraction of sp³-hybridized carbons (Fsp3) is 0.174. The highest BCUT2D eigenvalue weighted by Crippen LogP contribution is 2.37. The maximum Gasteiger partial charge on any atom is 0.416 e. The van der Waals surface area contributed by atoms with Gasteiger partial charge in [0.05, 0.1) is 29.8 Å². The van der Waals surface area contributed by atoms with E-state index in [9.17, 15) is 26.4 Å². The number of hydrogen-bond donors (Lipinski definition) is 1. The Hall–Kier alpha value is -3.73. The van der Waals surface area contributed by atoms with Crippen LogP contribution < -0.4 is 19.1 Å². The summed E-state index contributed by atoms with van der Waals surface area (Å²) >= 11 is 0. The number of anilines is 2. The van der Waals surface area contributed by atoms with Crippen LogP contribution >= 0.6 is 0 Å². The summed E-state index contributed by atoms with van der Waals surface area (Å²) in [4.78, 5) is 12.8. The number of para-hydroxylation sites is 2. The van der Waals surface area contributed by atoms with Crippen LogP contribution in [0.5, 0.6) is 11.5 Å². The number of methoxy groups -OCH3 is 1. The highest BCUT2D eigenvalue weighted by atomic mass is 32.2. The number of halogens is 3. The lowest BCUT2D eigenvalue weighted by Gasteiger charge is -2.34. The van der Waals surface area contributed by atoms with Crippen LogP contribution in [-0.4, -0.2) is 34.1 Å². The lowest BCUT2D eigenvalue weighted by atomic mass is 10.2. The van der Waals surface area contributed by atoms with E-state index in [1.165, 1.54) is 37.4 Å². The standard InChI is InChI=1S/C23H19F3N2O5S/c1-32-17-10-12-18(13-11-17)34(30,31)28-14-21(33-20-5-3-2-4-19(20)28)22(29)27-16-8-6-15(7-9-16)23(24,25)26/h2-13,21H,14H2,1H3,(H,27,29)/t21-/m0/s1. The number of ether oxygens (including phenoxy) is 2. The number of nitrogens with one attached hydrogen (secondary N) is 1. The van der Waals surface area contributed by atoms with E-state index < -0.39 is 33.8 Å². The summed E-state index contributed by atoms with van der Waals surface area (Å²) in [5, 5.41) is 2.48. The average Bonchev–Trinajstić information content (AvgIpc) is 2.83. The minimum absolute atomic E-state index is 0.00750. The Kier molecular flexibility index (Phi) is 6.13. The van der Waals surface area contributed by atoms with Gasteiger partial charge in [-0.05, 0) is 60.7 Å². The van der Waals surface area contributed by atoms with E-state index in [1.807, 2.05) is 0 Å². The molecular weight excluding hydrogens is 473 g/mol. The van der Waals surface area contributed by atoms with Crippen molar-refractivity contribution in [2.24, 2.45) is 0 Å². The zero-order valence-corrected chi connectivity index (χ0v) is 18.6. The summed E-state index contributed by atoms with van der Waals surface area (Å²) in [5.41, 5.74) is -0.480. The minimum atomic E-state index is -4.50. The molecule has 7 nitrogen and oxygen atoms in total. The van der Waals surface area contributed by atoms with Crippen LogP contribution in [0.15, 0.2) is 77.7 Å². The molecule has 0 spiro atoms. The smallest absolute Gasteiger partial charge is 0.416 e. The monoisotopic (exact) mass is 492 g/mol. The van der Waals surface area contributed by atoms with Crippen molar-refractivity contribution in [3.63, 3.8) is 0 Å². The molecule has 1 amide bonds. The normalized spacial score (nSPS) is 15.8. The molecule has 0 bridgehead atoms. The molecule has 34 heavy (non-hydrogen) atoms. The number of amides is 1. The number of alkyl halides is 3. The second kappa shape index (κ2) is 8.90. The highest BCUT2D eigenvalue weighted by molar-refractivity contribution is 7.92. The molecule has 0 radical (unpaired) electrons. The third kappa shape index (κ3) is 4.65. The highest BCUT2D eigenvalue weighted by Gasteiger charge is 2.37. The predicted octanol–water partition coefficient (Wildman–Crippen LogP) is 4.31. The molecule has 3 aromatic carbocycles. The Morgan fingerprint density at radius 1 is 1.03 bits per heavy atom. The van der Waals surface area contributed by atoms with Gasteiger partial charge in [-0.2, -0.15) is 13.2 Å². The fourth-order valence-corrected chi connectivity index (χ4v) is 4.88. The Labute approximate surface area is 193 Å². The molecule has 1 N–H and O–H groups in total. The van der Waals surface area contributed by atoms with Crippen LogP contribution in [0.1, 0.15) is 5.56 Å². The van der Waals surface area contributed by atoms with E-state index in [0.29, 0.717) is 5.75 Å². The lowest BCUT2D eigenvalue weighted by molar-refractivity contribution is -0.137. The molecule has 0 saturated carbocycles. The Morgan fingerprint density at radius 2 is 1.68 bits per heavy atom. The molecule has 1 aliphatic rings. The van der Waals surface area contributed by atoms with Crippen molar-refractivity contribution in [3.8, 4) is 11.5 Å². The van der Waals surface area contributed by atoms with E-state index in [-0.39, 0.29) is 28.6 Å². The zero-order chi connectivity index (χ0) is 24.5. The van der Waals surface area contributed by atoms with Gasteiger partial charge >= 0.3 is 6.18 Å². The Morgan fingerprint density at radius 3 is 2.29 bits per heavy atom. The average molecular weight is 492 g/mol. The number of benzene rings is 3. The number of hydrogen-bond acceptors (Lipinski definition) is 5. The molecule has 1 aliphatic heterocycles. The molecule has 11 heteroatoms. The minimum Gasteiger partial charge on any atom is -0.497 e. The first kappa shape index (κ1) is 23.4. The van der Waals surface area contributed by atoms with Crippen molar-refractivity contribution >= 4 is 27.3 Å². The number of rotatable bonds is 5. The van der Waals surface area contributed by atoms with Gasteiger partial charge in [-0.25, -0.2) is 8.42 Å². The van der Waals surface area contributed by atoms with Crippen molar-refractivity contribution in [3.05, 3.63) is 78.4 Å². The van der Waals surface area contributed by atoms with Crippen molar-refractivity contribution in [2.75, 3.05) is 23.3 Å². The van der Waals surface area contributed by atoms with E-state index >= 15 is 0 Å². The summed E-state index contributed by atoms with van der Waals surface area (Å²) in [6, 6.07) is 16.1. The van der Waals surface area contributed by atoms with Crippen molar-refractivity contribution in [2.45, 2.75) is 17.2 Å². The van der Waals surface area contributed by atoms with Gasteiger partial charge in [-0.3, -0.25) is 9.10 Å². The van der Waals surface area contributed by atoms with Crippen molar-refractivity contribution < 1.29 is 35.9 Å². The second-order valence-electron chi connectivity index (χ2n) is 7.35. The van der Waals surface area contributed by atoms with Gasteiger partial charge in [0, 0.05) is 5.69 Å². The largest absolute Gasteiger partial charge is 0.497 e. The molecule has 1 heterocycles. The Balaban J connectivity index is 1.60. The summed E-state index contributed by atoms with van der Waals surface area (Å²) in [6.07, 6.45) is -5.75. The van der Waals surface area contributed by atoms with E-state index in [1.54, 1.807) is 18.2 Å². The van der Waals surface area contributed by atoms with Crippen molar-refractivity contribution in [1.29, 1.82) is 0 Å². The maximum absolute atomic E-state index is 13.4. The fourth-order valence-electron chi connectivity index (χ4n) is 3.41. The van der Waals surface area contributed by atoms with E-state index in [2.05, 4.69) is 5.32 Å². The van der Waals surface area contributed by atoms with E-state index in [0.717, 1.165) is 28.6 Å². The third-order valence-electron chi connectivity index (χ3n) is 5.15. The number of fused-ring (bicyclic) bond motifs is 1. The van der Waals surface area contributed by atoms with Gasteiger partial charge in [0.15, 0.2) is 6.10 Å².